The van der Waals surface area contributed by atoms with E-state index < -0.39 is 11.7 Å². The third-order valence-corrected chi connectivity index (χ3v) is 8.00. The highest BCUT2D eigenvalue weighted by Gasteiger charge is 2.41. The van der Waals surface area contributed by atoms with Crippen molar-refractivity contribution in [3.63, 3.8) is 0 Å². The monoisotopic (exact) mass is 543 g/mol. The molecule has 1 aliphatic heterocycles. The molecule has 0 bridgehead atoms. The molecule has 1 aliphatic carbocycles. The maximum absolute atomic E-state index is 13.0. The second-order valence-corrected chi connectivity index (χ2v) is 10.5. The number of nitrogens with zero attached hydrogens (tertiary/aromatic N) is 4. The fourth-order valence-electron chi connectivity index (χ4n) is 5.76. The van der Waals surface area contributed by atoms with Crippen LogP contribution in [0.2, 0.25) is 0 Å². The Morgan fingerprint density at radius 1 is 1.00 bits per heavy atom. The zero-order valence-electron chi connectivity index (χ0n) is 22.3. The molecule has 210 valence electrons. The molecule has 5 rings (SSSR count). The number of aromatic nitrogens is 2. The lowest BCUT2D eigenvalue weighted by Crippen LogP contribution is -2.47. The first-order valence-corrected chi connectivity index (χ1v) is 13.6. The van der Waals surface area contributed by atoms with Crippen LogP contribution in [0.5, 0.6) is 5.75 Å². The SMILES string of the molecule is COc1ccc(C2(c3noc(CNCCN4CCN(Cc5cccc(C(F)(F)F)c5)CC4)n3)CCCC2)cc1. The number of piperazine rings is 1. The highest BCUT2D eigenvalue weighted by atomic mass is 19.4. The van der Waals surface area contributed by atoms with Gasteiger partial charge in [0, 0.05) is 45.8 Å². The lowest BCUT2D eigenvalue weighted by atomic mass is 9.78. The molecule has 1 saturated heterocycles. The Morgan fingerprint density at radius 2 is 1.72 bits per heavy atom. The Labute approximate surface area is 227 Å². The molecule has 1 aromatic heterocycles. The van der Waals surface area contributed by atoms with Crippen LogP contribution in [-0.2, 0) is 24.7 Å². The molecule has 2 heterocycles. The predicted octanol–water partition coefficient (Wildman–Crippen LogP) is 4.86. The predicted molar refractivity (Wildman–Crippen MR) is 141 cm³/mol. The van der Waals surface area contributed by atoms with Gasteiger partial charge in [-0.25, -0.2) is 0 Å². The van der Waals surface area contributed by atoms with Crippen LogP contribution in [0.15, 0.2) is 53.1 Å². The maximum Gasteiger partial charge on any atom is 0.416 e. The number of hydrogen-bond donors (Lipinski definition) is 1. The zero-order chi connectivity index (χ0) is 27.3. The Balaban J connectivity index is 1.06. The highest BCUT2D eigenvalue weighted by molar-refractivity contribution is 5.38. The van der Waals surface area contributed by atoms with Gasteiger partial charge in [-0.15, -0.1) is 0 Å². The lowest BCUT2D eigenvalue weighted by molar-refractivity contribution is -0.137. The van der Waals surface area contributed by atoms with Gasteiger partial charge in [-0.3, -0.25) is 9.80 Å². The van der Waals surface area contributed by atoms with Crippen LogP contribution in [0.1, 0.15) is 54.1 Å². The summed E-state index contributed by atoms with van der Waals surface area (Å²) in [4.78, 5) is 9.35. The van der Waals surface area contributed by atoms with Crippen molar-refractivity contribution in [2.75, 3.05) is 46.4 Å². The van der Waals surface area contributed by atoms with Crippen LogP contribution in [0, 0.1) is 0 Å². The Kier molecular flexibility index (Phi) is 8.54. The second-order valence-electron chi connectivity index (χ2n) is 10.5. The third-order valence-electron chi connectivity index (χ3n) is 8.00. The fraction of sp³-hybridized carbons (Fsp3) is 0.517. The van der Waals surface area contributed by atoms with Gasteiger partial charge < -0.3 is 14.6 Å². The number of ether oxygens (including phenoxy) is 1. The number of methoxy groups -OCH3 is 1. The first-order valence-electron chi connectivity index (χ1n) is 13.6. The van der Waals surface area contributed by atoms with E-state index in [9.17, 15) is 13.2 Å². The molecule has 0 amide bonds. The molecule has 39 heavy (non-hydrogen) atoms. The van der Waals surface area contributed by atoms with Gasteiger partial charge in [0.05, 0.1) is 24.6 Å². The molecule has 3 aromatic rings. The van der Waals surface area contributed by atoms with E-state index in [2.05, 4.69) is 32.4 Å². The van der Waals surface area contributed by atoms with Gasteiger partial charge in [-0.1, -0.05) is 48.3 Å². The summed E-state index contributed by atoms with van der Waals surface area (Å²) >= 11 is 0. The molecule has 2 aliphatic rings. The average molecular weight is 544 g/mol. The van der Waals surface area contributed by atoms with Gasteiger partial charge in [-0.2, -0.15) is 18.2 Å². The van der Waals surface area contributed by atoms with Crippen molar-refractivity contribution < 1.29 is 22.4 Å². The molecular formula is C29H36F3N5O2. The minimum Gasteiger partial charge on any atom is -0.497 e. The zero-order valence-corrected chi connectivity index (χ0v) is 22.3. The molecule has 2 aromatic carbocycles. The van der Waals surface area contributed by atoms with E-state index in [-0.39, 0.29) is 5.41 Å². The van der Waals surface area contributed by atoms with Crippen LogP contribution < -0.4 is 10.1 Å². The van der Waals surface area contributed by atoms with Crippen molar-refractivity contribution in [3.8, 4) is 5.75 Å². The quantitative estimate of drug-likeness (QED) is 0.366. The lowest BCUT2D eigenvalue weighted by Gasteiger charge is -2.34. The van der Waals surface area contributed by atoms with Crippen LogP contribution in [0.3, 0.4) is 0 Å². The van der Waals surface area contributed by atoms with Crippen molar-refractivity contribution in [2.24, 2.45) is 0 Å². The summed E-state index contributed by atoms with van der Waals surface area (Å²) in [6.45, 7) is 6.15. The van der Waals surface area contributed by atoms with E-state index in [1.54, 1.807) is 13.2 Å². The van der Waals surface area contributed by atoms with Gasteiger partial charge in [0.15, 0.2) is 5.82 Å². The number of hydrogen-bond acceptors (Lipinski definition) is 7. The maximum atomic E-state index is 13.0. The minimum atomic E-state index is -4.31. The summed E-state index contributed by atoms with van der Waals surface area (Å²) in [5.74, 6) is 2.19. The fourth-order valence-corrected chi connectivity index (χ4v) is 5.76. The minimum absolute atomic E-state index is 0.207. The molecule has 7 nitrogen and oxygen atoms in total. The van der Waals surface area contributed by atoms with E-state index in [4.69, 9.17) is 14.2 Å². The van der Waals surface area contributed by atoms with Crippen LogP contribution in [-0.4, -0.2) is 66.3 Å². The van der Waals surface area contributed by atoms with Crippen LogP contribution >= 0.6 is 0 Å². The van der Waals surface area contributed by atoms with Crippen molar-refractivity contribution in [1.82, 2.24) is 25.3 Å². The molecule has 0 radical (unpaired) electrons. The van der Waals surface area contributed by atoms with E-state index in [0.29, 0.717) is 24.5 Å². The molecule has 10 heteroatoms. The molecule has 0 unspecified atom stereocenters. The average Bonchev–Trinajstić information content (AvgIpc) is 3.63. The van der Waals surface area contributed by atoms with Crippen molar-refractivity contribution in [3.05, 3.63) is 76.9 Å². The van der Waals surface area contributed by atoms with Gasteiger partial charge in [0.1, 0.15) is 5.75 Å². The number of benzene rings is 2. The molecule has 1 N–H and O–H groups in total. The Hall–Kier alpha value is -2.95. The van der Waals surface area contributed by atoms with E-state index in [0.717, 1.165) is 82.6 Å². The summed E-state index contributed by atoms with van der Waals surface area (Å²) in [5, 5.41) is 7.80. The second kappa shape index (κ2) is 12.1. The molecule has 0 spiro atoms. The highest BCUT2D eigenvalue weighted by Crippen LogP contribution is 2.45. The van der Waals surface area contributed by atoms with Crippen molar-refractivity contribution in [2.45, 2.75) is 50.4 Å². The van der Waals surface area contributed by atoms with Gasteiger partial charge in [0.2, 0.25) is 5.89 Å². The number of rotatable bonds is 10. The number of alkyl halides is 3. The van der Waals surface area contributed by atoms with Crippen molar-refractivity contribution >= 4 is 0 Å². The first-order chi connectivity index (χ1) is 18.9. The van der Waals surface area contributed by atoms with E-state index in [1.165, 1.54) is 17.7 Å². The summed E-state index contributed by atoms with van der Waals surface area (Å²) in [6.07, 6.45) is -0.0152. The van der Waals surface area contributed by atoms with Gasteiger partial charge >= 0.3 is 6.18 Å². The molecule has 0 atom stereocenters. The number of nitrogens with one attached hydrogen (secondary N) is 1. The van der Waals surface area contributed by atoms with Gasteiger partial charge in [0.25, 0.3) is 0 Å². The summed E-state index contributed by atoms with van der Waals surface area (Å²) in [6, 6.07) is 13.8. The molecular weight excluding hydrogens is 507 g/mol. The van der Waals surface area contributed by atoms with Crippen LogP contribution in [0.25, 0.3) is 0 Å². The third kappa shape index (κ3) is 6.62. The largest absolute Gasteiger partial charge is 0.497 e. The summed E-state index contributed by atoms with van der Waals surface area (Å²) in [5.41, 5.74) is 1.11. The topological polar surface area (TPSA) is 66.7 Å². The Bertz CT molecular complexity index is 1200. The summed E-state index contributed by atoms with van der Waals surface area (Å²) in [7, 11) is 1.67. The van der Waals surface area contributed by atoms with Gasteiger partial charge in [-0.05, 0) is 42.2 Å². The van der Waals surface area contributed by atoms with Crippen LogP contribution in [0.4, 0.5) is 13.2 Å². The smallest absolute Gasteiger partial charge is 0.416 e. The molecule has 2 fully saturated rings. The van der Waals surface area contributed by atoms with E-state index in [1.807, 2.05) is 12.1 Å². The Morgan fingerprint density at radius 3 is 2.41 bits per heavy atom. The summed E-state index contributed by atoms with van der Waals surface area (Å²) < 4.78 is 49.9. The first kappa shape index (κ1) is 27.6. The van der Waals surface area contributed by atoms with E-state index >= 15 is 0 Å². The van der Waals surface area contributed by atoms with Crippen molar-refractivity contribution in [1.29, 1.82) is 0 Å². The molecule has 1 saturated carbocycles. The number of halogens is 3. The standard InChI is InChI=1S/C29H36F3N5O2/c1-38-25-9-7-23(8-10-25)28(11-2-3-12-28)27-34-26(39-35-27)20-33-13-14-36-15-17-37(18-16-36)21-22-5-4-6-24(19-22)29(30,31)32/h4-10,19,33H,2-3,11-18,20-21H2,1H3. The normalized spacial score (nSPS) is 18.5.